The van der Waals surface area contributed by atoms with E-state index >= 15 is 0 Å². The smallest absolute Gasteiger partial charge is 0.262 e. The van der Waals surface area contributed by atoms with Gasteiger partial charge in [0.05, 0.1) is 12.5 Å². The highest BCUT2D eigenvalue weighted by Gasteiger charge is 2.11. The molecule has 1 amide bonds. The van der Waals surface area contributed by atoms with Crippen LogP contribution in [0.1, 0.15) is 12.7 Å². The first-order chi connectivity index (χ1) is 9.65. The number of hydrazone groups is 1. The van der Waals surface area contributed by atoms with Gasteiger partial charge < -0.3 is 9.73 Å². The van der Waals surface area contributed by atoms with E-state index in [0.717, 1.165) is 5.69 Å². The highest BCUT2D eigenvalue weighted by Crippen LogP contribution is 2.14. The van der Waals surface area contributed by atoms with Gasteiger partial charge in [0.25, 0.3) is 5.91 Å². The van der Waals surface area contributed by atoms with E-state index in [1.165, 1.54) is 12.5 Å². The molecule has 0 aliphatic rings. The van der Waals surface area contributed by atoms with Crippen molar-refractivity contribution in [2.45, 2.75) is 13.0 Å². The van der Waals surface area contributed by atoms with E-state index < -0.39 is 6.04 Å². The summed E-state index contributed by atoms with van der Waals surface area (Å²) in [5, 5.41) is 7.50. The molecule has 1 atom stereocenters. The van der Waals surface area contributed by atoms with Gasteiger partial charge in [-0.3, -0.25) is 4.79 Å². The molecule has 6 heteroatoms. The Morgan fingerprint density at radius 1 is 1.35 bits per heavy atom. The molecule has 0 saturated carbocycles. The lowest BCUT2D eigenvalue weighted by Crippen LogP contribution is -2.34. The number of furan rings is 1. The second kappa shape index (κ2) is 6.77. The van der Waals surface area contributed by atoms with Gasteiger partial charge >= 0.3 is 0 Å². The Morgan fingerprint density at radius 2 is 2.10 bits per heavy atom. The fourth-order valence-electron chi connectivity index (χ4n) is 1.48. The fourth-order valence-corrected chi connectivity index (χ4v) is 1.61. The van der Waals surface area contributed by atoms with E-state index in [0.29, 0.717) is 10.8 Å². The first-order valence-electron chi connectivity index (χ1n) is 6.03. The van der Waals surface area contributed by atoms with Gasteiger partial charge in [-0.15, -0.1) is 0 Å². The highest BCUT2D eigenvalue weighted by atomic mass is 35.5. The van der Waals surface area contributed by atoms with Crippen LogP contribution >= 0.6 is 11.6 Å². The third kappa shape index (κ3) is 4.13. The molecule has 2 rings (SSSR count). The first kappa shape index (κ1) is 14.1. The molecule has 0 aliphatic heterocycles. The zero-order chi connectivity index (χ0) is 14.4. The summed E-state index contributed by atoms with van der Waals surface area (Å²) in [6, 6.07) is 10.2. The molecule has 0 bridgehead atoms. The molecule has 104 valence electrons. The van der Waals surface area contributed by atoms with Crippen LogP contribution in [0.3, 0.4) is 0 Å². The number of amides is 1. The van der Waals surface area contributed by atoms with Crippen molar-refractivity contribution in [2.75, 3.05) is 5.32 Å². The SMILES string of the molecule is CC(Nc1ccc(Cl)cc1)C(=O)N/N=C/c1ccco1. The van der Waals surface area contributed by atoms with Crippen LogP contribution in [-0.2, 0) is 4.79 Å². The Bertz CT molecular complexity index is 579. The molecule has 0 aliphatic carbocycles. The number of hydrogen-bond donors (Lipinski definition) is 2. The van der Waals surface area contributed by atoms with Crippen molar-refractivity contribution in [3.8, 4) is 0 Å². The summed E-state index contributed by atoms with van der Waals surface area (Å²) in [5.74, 6) is 0.325. The molecule has 1 aromatic carbocycles. The Labute approximate surface area is 121 Å². The molecule has 0 radical (unpaired) electrons. The summed E-state index contributed by atoms with van der Waals surface area (Å²) < 4.78 is 5.05. The summed E-state index contributed by atoms with van der Waals surface area (Å²) in [6.45, 7) is 1.74. The summed E-state index contributed by atoms with van der Waals surface area (Å²) in [7, 11) is 0. The number of halogens is 1. The van der Waals surface area contributed by atoms with Gasteiger partial charge in [-0.1, -0.05) is 11.6 Å². The largest absolute Gasteiger partial charge is 0.463 e. The van der Waals surface area contributed by atoms with Crippen LogP contribution in [0.5, 0.6) is 0 Å². The minimum absolute atomic E-state index is 0.247. The Kier molecular flexibility index (Phi) is 4.79. The number of carbonyl (C=O) groups is 1. The summed E-state index contributed by atoms with van der Waals surface area (Å²) >= 11 is 5.79. The number of rotatable bonds is 5. The van der Waals surface area contributed by atoms with Gasteiger partial charge in [0.15, 0.2) is 0 Å². The molecule has 0 saturated heterocycles. The third-order valence-electron chi connectivity index (χ3n) is 2.53. The van der Waals surface area contributed by atoms with Crippen molar-refractivity contribution in [1.29, 1.82) is 0 Å². The van der Waals surface area contributed by atoms with E-state index in [4.69, 9.17) is 16.0 Å². The van der Waals surface area contributed by atoms with Crippen LogP contribution in [0.25, 0.3) is 0 Å². The summed E-state index contributed by atoms with van der Waals surface area (Å²) in [4.78, 5) is 11.8. The zero-order valence-corrected chi connectivity index (χ0v) is 11.6. The average molecular weight is 292 g/mol. The van der Waals surface area contributed by atoms with Crippen LogP contribution < -0.4 is 10.7 Å². The number of hydrogen-bond acceptors (Lipinski definition) is 4. The van der Waals surface area contributed by atoms with E-state index in [1.807, 2.05) is 0 Å². The standard InChI is InChI=1S/C14H14ClN3O2/c1-10(17-12-6-4-11(15)5-7-12)14(19)18-16-9-13-3-2-8-20-13/h2-10,17H,1H3,(H,18,19)/b16-9+. The predicted octanol–water partition coefficient (Wildman–Crippen LogP) is 2.88. The molecule has 1 unspecified atom stereocenters. The Hall–Kier alpha value is -2.27. The molecule has 0 fully saturated rings. The molecule has 2 aromatic rings. The van der Waals surface area contributed by atoms with Crippen molar-refractivity contribution in [3.63, 3.8) is 0 Å². The topological polar surface area (TPSA) is 66.6 Å². The molecule has 1 aromatic heterocycles. The first-order valence-corrected chi connectivity index (χ1v) is 6.41. The lowest BCUT2D eigenvalue weighted by atomic mass is 10.2. The molecule has 20 heavy (non-hydrogen) atoms. The van der Waals surface area contributed by atoms with Crippen molar-refractivity contribution < 1.29 is 9.21 Å². The number of benzene rings is 1. The number of anilines is 1. The maximum absolute atomic E-state index is 11.8. The Morgan fingerprint density at radius 3 is 2.75 bits per heavy atom. The Balaban J connectivity index is 1.84. The van der Waals surface area contributed by atoms with Crippen LogP contribution in [-0.4, -0.2) is 18.2 Å². The van der Waals surface area contributed by atoms with E-state index in [2.05, 4.69) is 15.8 Å². The molecule has 2 N–H and O–H groups in total. The van der Waals surface area contributed by atoms with Gasteiger partial charge in [0.1, 0.15) is 11.8 Å². The van der Waals surface area contributed by atoms with Crippen molar-refractivity contribution in [3.05, 3.63) is 53.4 Å². The van der Waals surface area contributed by atoms with Gasteiger partial charge in [0, 0.05) is 10.7 Å². The maximum atomic E-state index is 11.8. The van der Waals surface area contributed by atoms with Crippen LogP contribution in [0.4, 0.5) is 5.69 Å². The number of nitrogens with one attached hydrogen (secondary N) is 2. The highest BCUT2D eigenvalue weighted by molar-refractivity contribution is 6.30. The lowest BCUT2D eigenvalue weighted by Gasteiger charge is -2.13. The summed E-state index contributed by atoms with van der Waals surface area (Å²) in [6.07, 6.45) is 2.97. The normalized spacial score (nSPS) is 12.3. The monoisotopic (exact) mass is 291 g/mol. The van der Waals surface area contributed by atoms with Crippen LogP contribution in [0, 0.1) is 0 Å². The zero-order valence-electron chi connectivity index (χ0n) is 10.8. The van der Waals surface area contributed by atoms with Gasteiger partial charge in [-0.2, -0.15) is 5.10 Å². The van der Waals surface area contributed by atoms with Crippen molar-refractivity contribution in [2.24, 2.45) is 5.10 Å². The maximum Gasteiger partial charge on any atom is 0.262 e. The quantitative estimate of drug-likeness (QED) is 0.657. The molecule has 0 spiro atoms. The molecular weight excluding hydrogens is 278 g/mol. The van der Waals surface area contributed by atoms with Crippen molar-refractivity contribution >= 4 is 29.4 Å². The van der Waals surface area contributed by atoms with Gasteiger partial charge in [0.2, 0.25) is 0 Å². The number of carbonyl (C=O) groups excluding carboxylic acids is 1. The second-order valence-corrected chi connectivity index (χ2v) is 4.56. The molecule has 1 heterocycles. The van der Waals surface area contributed by atoms with Crippen LogP contribution in [0.2, 0.25) is 5.02 Å². The van der Waals surface area contributed by atoms with E-state index in [-0.39, 0.29) is 5.91 Å². The predicted molar refractivity (Wildman–Crippen MR) is 79.0 cm³/mol. The minimum Gasteiger partial charge on any atom is -0.463 e. The lowest BCUT2D eigenvalue weighted by molar-refractivity contribution is -0.121. The minimum atomic E-state index is -0.426. The number of nitrogens with zero attached hydrogens (tertiary/aromatic N) is 1. The van der Waals surface area contributed by atoms with Crippen molar-refractivity contribution in [1.82, 2.24) is 5.43 Å². The van der Waals surface area contributed by atoms with E-state index in [1.54, 1.807) is 43.3 Å². The molecule has 5 nitrogen and oxygen atoms in total. The summed E-state index contributed by atoms with van der Waals surface area (Å²) in [5.41, 5.74) is 3.25. The average Bonchev–Trinajstić information content (AvgIpc) is 2.94. The van der Waals surface area contributed by atoms with Gasteiger partial charge in [-0.05, 0) is 43.3 Å². The molecular formula is C14H14ClN3O2. The van der Waals surface area contributed by atoms with Gasteiger partial charge in [-0.25, -0.2) is 5.43 Å². The fraction of sp³-hybridized carbons (Fsp3) is 0.143. The third-order valence-corrected chi connectivity index (χ3v) is 2.78. The van der Waals surface area contributed by atoms with E-state index in [9.17, 15) is 4.79 Å². The van der Waals surface area contributed by atoms with Crippen LogP contribution in [0.15, 0.2) is 52.2 Å². The second-order valence-electron chi connectivity index (χ2n) is 4.12.